The van der Waals surface area contributed by atoms with E-state index in [0.717, 1.165) is 24.0 Å². The molecule has 1 fully saturated rings. The molecule has 0 spiro atoms. The number of piperidine rings is 1. The Kier molecular flexibility index (Phi) is 8.27. The number of carbonyl (C=O) groups is 1. The molecule has 3 rings (SSSR count). The summed E-state index contributed by atoms with van der Waals surface area (Å²) in [4.78, 5) is 15.4. The van der Waals surface area contributed by atoms with Crippen LogP contribution < -0.4 is 0 Å². The number of ether oxygens (including phenoxy) is 1. The van der Waals surface area contributed by atoms with Crippen molar-refractivity contribution in [3.8, 4) is 0 Å². The van der Waals surface area contributed by atoms with Crippen LogP contribution in [0.15, 0.2) is 60.7 Å². The van der Waals surface area contributed by atoms with Crippen molar-refractivity contribution in [2.75, 3.05) is 13.2 Å². The minimum Gasteiger partial charge on any atom is -0.444 e. The predicted molar refractivity (Wildman–Crippen MR) is 139 cm³/mol. The molecule has 34 heavy (non-hydrogen) atoms. The summed E-state index contributed by atoms with van der Waals surface area (Å²) in [6, 6.07) is 20.0. The van der Waals surface area contributed by atoms with Gasteiger partial charge in [0.1, 0.15) is 5.60 Å². The van der Waals surface area contributed by atoms with Gasteiger partial charge in [-0.05, 0) is 70.8 Å². The SMILES string of the molecule is CC(C)(C)OC(=O)N1CCC[C@@](C[C@@H](CO)c2ccccc2)(O[Si](C)(C)C)[C@H]1c1ccccc1. The molecular weight excluding hydrogens is 442 g/mol. The molecular formula is C28H41NO4Si. The Labute approximate surface area is 206 Å². The van der Waals surface area contributed by atoms with E-state index < -0.39 is 19.5 Å². The molecule has 0 radical (unpaired) electrons. The van der Waals surface area contributed by atoms with E-state index in [1.165, 1.54) is 0 Å². The second-order valence-electron chi connectivity index (χ2n) is 11.4. The van der Waals surface area contributed by atoms with E-state index in [2.05, 4.69) is 43.9 Å². The van der Waals surface area contributed by atoms with Crippen molar-refractivity contribution in [2.45, 2.75) is 82.8 Å². The van der Waals surface area contributed by atoms with Gasteiger partial charge in [-0.3, -0.25) is 4.90 Å². The minimum absolute atomic E-state index is 0.0226. The molecule has 1 aliphatic rings. The van der Waals surface area contributed by atoms with E-state index in [-0.39, 0.29) is 24.7 Å². The van der Waals surface area contributed by atoms with Gasteiger partial charge in [-0.25, -0.2) is 4.79 Å². The van der Waals surface area contributed by atoms with Crippen molar-refractivity contribution >= 4 is 14.4 Å². The smallest absolute Gasteiger partial charge is 0.410 e. The van der Waals surface area contributed by atoms with Gasteiger partial charge in [0, 0.05) is 12.5 Å². The quantitative estimate of drug-likeness (QED) is 0.456. The van der Waals surface area contributed by atoms with Crippen molar-refractivity contribution in [1.82, 2.24) is 4.90 Å². The second-order valence-corrected chi connectivity index (χ2v) is 15.8. The number of aliphatic hydroxyl groups excluding tert-OH is 1. The van der Waals surface area contributed by atoms with Crippen molar-refractivity contribution in [1.29, 1.82) is 0 Å². The fourth-order valence-corrected chi connectivity index (χ4v) is 6.65. The summed E-state index contributed by atoms with van der Waals surface area (Å²) in [6.45, 7) is 12.9. The fraction of sp³-hybridized carbons (Fsp3) is 0.536. The molecule has 1 saturated heterocycles. The predicted octanol–water partition coefficient (Wildman–Crippen LogP) is 6.52. The summed E-state index contributed by atoms with van der Waals surface area (Å²) >= 11 is 0. The Bertz CT molecular complexity index is 923. The molecule has 1 N–H and O–H groups in total. The monoisotopic (exact) mass is 483 g/mol. The first-order valence-corrected chi connectivity index (χ1v) is 15.8. The van der Waals surface area contributed by atoms with Gasteiger partial charge in [-0.1, -0.05) is 60.7 Å². The van der Waals surface area contributed by atoms with E-state index in [1.54, 1.807) is 0 Å². The molecule has 1 amide bonds. The number of likely N-dealkylation sites (tertiary alicyclic amines) is 1. The molecule has 1 aliphatic heterocycles. The average molecular weight is 484 g/mol. The average Bonchev–Trinajstić information content (AvgIpc) is 2.76. The van der Waals surface area contributed by atoms with Crippen LogP contribution in [0, 0.1) is 0 Å². The number of rotatable bonds is 7. The first-order chi connectivity index (χ1) is 15.9. The van der Waals surface area contributed by atoms with E-state index in [0.29, 0.717) is 13.0 Å². The maximum atomic E-state index is 13.5. The molecule has 1 heterocycles. The Hall–Kier alpha value is -2.15. The van der Waals surface area contributed by atoms with Crippen LogP contribution in [-0.4, -0.2) is 48.8 Å². The van der Waals surface area contributed by atoms with Crippen LogP contribution in [0.25, 0.3) is 0 Å². The highest BCUT2D eigenvalue weighted by atomic mass is 28.4. The Morgan fingerprint density at radius 2 is 1.68 bits per heavy atom. The lowest BCUT2D eigenvalue weighted by Crippen LogP contribution is -2.58. The van der Waals surface area contributed by atoms with Gasteiger partial charge in [0.25, 0.3) is 0 Å². The highest BCUT2D eigenvalue weighted by Gasteiger charge is 2.51. The third-order valence-corrected chi connectivity index (χ3v) is 7.16. The minimum atomic E-state index is -2.04. The summed E-state index contributed by atoms with van der Waals surface area (Å²) in [5, 5.41) is 10.5. The van der Waals surface area contributed by atoms with Crippen LogP contribution >= 0.6 is 0 Å². The summed E-state index contributed by atoms with van der Waals surface area (Å²) in [7, 11) is -2.04. The van der Waals surface area contributed by atoms with Crippen LogP contribution in [0.5, 0.6) is 0 Å². The molecule has 0 aromatic heterocycles. The number of carbonyl (C=O) groups excluding carboxylic acids is 1. The molecule has 0 aliphatic carbocycles. The molecule has 5 nitrogen and oxygen atoms in total. The van der Waals surface area contributed by atoms with Crippen LogP contribution in [-0.2, 0) is 9.16 Å². The van der Waals surface area contributed by atoms with Crippen molar-refractivity contribution in [3.63, 3.8) is 0 Å². The number of hydrogen-bond donors (Lipinski definition) is 1. The third kappa shape index (κ3) is 6.71. The highest BCUT2D eigenvalue weighted by molar-refractivity contribution is 6.69. The van der Waals surface area contributed by atoms with Crippen molar-refractivity contribution < 1.29 is 19.1 Å². The lowest BCUT2D eigenvalue weighted by Gasteiger charge is -2.53. The Balaban J connectivity index is 2.12. The molecule has 6 heteroatoms. The fourth-order valence-electron chi connectivity index (χ4n) is 5.14. The Morgan fingerprint density at radius 3 is 2.21 bits per heavy atom. The van der Waals surface area contributed by atoms with Gasteiger partial charge >= 0.3 is 6.09 Å². The lowest BCUT2D eigenvalue weighted by atomic mass is 9.74. The van der Waals surface area contributed by atoms with E-state index >= 15 is 0 Å². The zero-order valence-corrected chi connectivity index (χ0v) is 22.6. The number of nitrogens with zero attached hydrogens (tertiary/aromatic N) is 1. The molecule has 186 valence electrons. The zero-order valence-electron chi connectivity index (χ0n) is 21.6. The molecule has 0 saturated carbocycles. The van der Waals surface area contributed by atoms with Gasteiger partial charge in [0.05, 0.1) is 18.2 Å². The van der Waals surface area contributed by atoms with Gasteiger partial charge in [-0.15, -0.1) is 0 Å². The number of amides is 1. The maximum absolute atomic E-state index is 13.5. The second kappa shape index (κ2) is 10.6. The van der Waals surface area contributed by atoms with Crippen LogP contribution in [0.1, 0.15) is 63.1 Å². The lowest BCUT2D eigenvalue weighted by molar-refractivity contribution is -0.0840. The molecule has 2 aromatic rings. The summed E-state index contributed by atoms with van der Waals surface area (Å²) in [6.07, 6.45) is 1.95. The molecule has 3 atom stereocenters. The first kappa shape index (κ1) is 26.5. The normalized spacial score (nSPS) is 22.3. The summed E-state index contributed by atoms with van der Waals surface area (Å²) < 4.78 is 12.9. The van der Waals surface area contributed by atoms with Crippen LogP contribution in [0.2, 0.25) is 19.6 Å². The maximum Gasteiger partial charge on any atom is 0.410 e. The van der Waals surface area contributed by atoms with Crippen molar-refractivity contribution in [3.05, 3.63) is 71.8 Å². The number of aliphatic hydroxyl groups is 1. The van der Waals surface area contributed by atoms with E-state index in [1.807, 2.05) is 62.1 Å². The first-order valence-electron chi connectivity index (χ1n) is 12.3. The van der Waals surface area contributed by atoms with Gasteiger partial charge in [0.2, 0.25) is 0 Å². The topological polar surface area (TPSA) is 59.0 Å². The molecule has 0 unspecified atom stereocenters. The van der Waals surface area contributed by atoms with Gasteiger partial charge in [-0.2, -0.15) is 0 Å². The largest absolute Gasteiger partial charge is 0.444 e. The summed E-state index contributed by atoms with van der Waals surface area (Å²) in [5.74, 6) is -0.0950. The van der Waals surface area contributed by atoms with Gasteiger partial charge < -0.3 is 14.3 Å². The highest BCUT2D eigenvalue weighted by Crippen LogP contribution is 2.49. The van der Waals surface area contributed by atoms with Gasteiger partial charge in [0.15, 0.2) is 8.32 Å². The molecule has 2 aromatic carbocycles. The molecule has 0 bridgehead atoms. The Morgan fingerprint density at radius 1 is 1.09 bits per heavy atom. The zero-order chi connectivity index (χ0) is 25.0. The van der Waals surface area contributed by atoms with Crippen molar-refractivity contribution in [2.24, 2.45) is 0 Å². The number of hydrogen-bond acceptors (Lipinski definition) is 4. The standard InChI is InChI=1S/C28H41NO4Si/c1-27(2,3)32-26(31)29-19-13-18-28(33-34(4,5)6,25(29)23-16-11-8-12-17-23)20-24(21-30)22-14-9-7-10-15-22/h7-12,14-17,24-25,30H,13,18-21H2,1-6H3/t24-,25+,28-/m0/s1. The van der Waals surface area contributed by atoms with E-state index in [4.69, 9.17) is 9.16 Å². The van der Waals surface area contributed by atoms with E-state index in [9.17, 15) is 9.90 Å². The van der Waals surface area contributed by atoms with Crippen LogP contribution in [0.3, 0.4) is 0 Å². The summed E-state index contributed by atoms with van der Waals surface area (Å²) in [5.41, 5.74) is 0.903. The van der Waals surface area contributed by atoms with Crippen LogP contribution in [0.4, 0.5) is 4.79 Å². The third-order valence-electron chi connectivity index (χ3n) is 6.15. The number of benzene rings is 2.